The molecule has 1 fully saturated rings. The Kier molecular flexibility index (Phi) is 3.82. The number of halogens is 1. The van der Waals surface area contributed by atoms with Gasteiger partial charge < -0.3 is 15.1 Å². The number of nitrogens with zero attached hydrogens (tertiary/aromatic N) is 1. The molecular weight excluding hydrogens is 322 g/mol. The van der Waals surface area contributed by atoms with Crippen LogP contribution in [0.3, 0.4) is 0 Å². The van der Waals surface area contributed by atoms with Gasteiger partial charge in [0, 0.05) is 10.2 Å². The van der Waals surface area contributed by atoms with Crippen molar-refractivity contribution in [1.29, 1.82) is 0 Å². The highest BCUT2D eigenvalue weighted by Crippen LogP contribution is 2.28. The maximum Gasteiger partial charge on any atom is 0.327 e. The van der Waals surface area contributed by atoms with Crippen LogP contribution in [0.2, 0.25) is 0 Å². The summed E-state index contributed by atoms with van der Waals surface area (Å²) in [7, 11) is 0. The van der Waals surface area contributed by atoms with Crippen LogP contribution in [0.4, 0.5) is 0 Å². The zero-order valence-corrected chi connectivity index (χ0v) is 11.6. The molecule has 2 N–H and O–H groups in total. The number of hydrogen-bond acceptors (Lipinski definition) is 4. The molecule has 2 rings (SSSR count). The number of carbonyl (C=O) groups is 2. The molecular formula is C11H10BrNO4S. The molecule has 1 atom stereocenters. The number of hydrogen-bond donors (Lipinski definition) is 2. The molecule has 1 heterocycles. The van der Waals surface area contributed by atoms with E-state index in [0.717, 1.165) is 0 Å². The number of amides is 1. The first-order valence-corrected chi connectivity index (χ1v) is 7.05. The normalized spacial score (nSPS) is 18.9. The van der Waals surface area contributed by atoms with Gasteiger partial charge in [-0.3, -0.25) is 4.79 Å². The molecule has 0 spiro atoms. The van der Waals surface area contributed by atoms with Gasteiger partial charge in [-0.15, -0.1) is 11.8 Å². The summed E-state index contributed by atoms with van der Waals surface area (Å²) < 4.78 is 0.655. The van der Waals surface area contributed by atoms with Gasteiger partial charge in [0.15, 0.2) is 0 Å². The third-order valence-electron chi connectivity index (χ3n) is 2.62. The summed E-state index contributed by atoms with van der Waals surface area (Å²) in [5.41, 5.74) is 0.118. The maximum absolute atomic E-state index is 12.2. The summed E-state index contributed by atoms with van der Waals surface area (Å²) in [5, 5.41) is 18.7. The second kappa shape index (κ2) is 5.19. The molecule has 96 valence electrons. The molecule has 1 aliphatic rings. The quantitative estimate of drug-likeness (QED) is 0.863. The van der Waals surface area contributed by atoms with E-state index in [1.54, 1.807) is 6.07 Å². The second-order valence-electron chi connectivity index (χ2n) is 3.79. The van der Waals surface area contributed by atoms with Crippen LogP contribution in [-0.4, -0.2) is 44.7 Å². The Morgan fingerprint density at radius 1 is 1.44 bits per heavy atom. The van der Waals surface area contributed by atoms with Crippen LogP contribution in [0.25, 0.3) is 0 Å². The standard InChI is InChI=1S/C11H10BrNO4S/c12-6-1-2-7(9(14)3-6)10(15)13-5-18-4-8(13)11(16)17/h1-3,8,14H,4-5H2,(H,16,17)/t8-/m0/s1. The van der Waals surface area contributed by atoms with Gasteiger partial charge in [0.05, 0.1) is 11.4 Å². The molecule has 0 bridgehead atoms. The predicted octanol–water partition coefficient (Wildman–Crippen LogP) is 1.75. The first kappa shape index (κ1) is 13.2. The molecule has 7 heteroatoms. The second-order valence-corrected chi connectivity index (χ2v) is 5.71. The van der Waals surface area contributed by atoms with Crippen molar-refractivity contribution in [3.05, 3.63) is 28.2 Å². The number of thioether (sulfide) groups is 1. The fraction of sp³-hybridized carbons (Fsp3) is 0.273. The van der Waals surface area contributed by atoms with Crippen LogP contribution in [0.1, 0.15) is 10.4 Å². The average molecular weight is 332 g/mol. The van der Waals surface area contributed by atoms with Crippen LogP contribution in [0.15, 0.2) is 22.7 Å². The lowest BCUT2D eigenvalue weighted by Gasteiger charge is -2.20. The first-order valence-electron chi connectivity index (χ1n) is 5.10. The fourth-order valence-corrected chi connectivity index (χ4v) is 3.18. The van der Waals surface area contributed by atoms with E-state index in [4.69, 9.17) is 5.11 Å². The summed E-state index contributed by atoms with van der Waals surface area (Å²) in [5.74, 6) is -0.943. The number of aliphatic carboxylic acids is 1. The zero-order chi connectivity index (χ0) is 13.3. The average Bonchev–Trinajstić information content (AvgIpc) is 2.77. The van der Waals surface area contributed by atoms with Crippen LogP contribution < -0.4 is 0 Å². The van der Waals surface area contributed by atoms with Crippen LogP contribution in [0, 0.1) is 0 Å². The van der Waals surface area contributed by atoms with Gasteiger partial charge in [-0.1, -0.05) is 15.9 Å². The summed E-state index contributed by atoms with van der Waals surface area (Å²) in [6.07, 6.45) is 0. The van der Waals surface area contributed by atoms with E-state index in [1.165, 1.54) is 28.8 Å². The van der Waals surface area contributed by atoms with E-state index >= 15 is 0 Å². The molecule has 0 saturated carbocycles. The number of carbonyl (C=O) groups excluding carboxylic acids is 1. The summed E-state index contributed by atoms with van der Waals surface area (Å²) in [6.45, 7) is 0. The molecule has 0 aliphatic carbocycles. The molecule has 0 unspecified atom stereocenters. The van der Waals surface area contributed by atoms with Crippen molar-refractivity contribution < 1.29 is 19.8 Å². The van der Waals surface area contributed by atoms with E-state index < -0.39 is 17.9 Å². The van der Waals surface area contributed by atoms with Crippen molar-refractivity contribution in [2.24, 2.45) is 0 Å². The maximum atomic E-state index is 12.2. The molecule has 5 nitrogen and oxygen atoms in total. The Balaban J connectivity index is 2.28. The van der Waals surface area contributed by atoms with Crippen LogP contribution in [-0.2, 0) is 4.79 Å². The molecule has 1 saturated heterocycles. The molecule has 1 amide bonds. The number of benzene rings is 1. The fourth-order valence-electron chi connectivity index (χ4n) is 1.69. The predicted molar refractivity (Wildman–Crippen MR) is 70.7 cm³/mol. The van der Waals surface area contributed by atoms with Gasteiger partial charge in [0.25, 0.3) is 5.91 Å². The first-order chi connectivity index (χ1) is 8.50. The van der Waals surface area contributed by atoms with Crippen LogP contribution >= 0.6 is 27.7 Å². The summed E-state index contributed by atoms with van der Waals surface area (Å²) >= 11 is 4.56. The van der Waals surface area contributed by atoms with Crippen molar-refractivity contribution in [2.75, 3.05) is 11.6 Å². The Morgan fingerprint density at radius 3 is 2.78 bits per heavy atom. The minimum absolute atomic E-state index is 0.118. The topological polar surface area (TPSA) is 77.8 Å². The molecule has 1 aromatic rings. The minimum atomic E-state index is -1.02. The van der Waals surface area contributed by atoms with Crippen molar-refractivity contribution in [2.45, 2.75) is 6.04 Å². The molecule has 0 radical (unpaired) electrons. The minimum Gasteiger partial charge on any atom is -0.507 e. The van der Waals surface area contributed by atoms with Gasteiger partial charge in [-0.25, -0.2) is 4.79 Å². The number of carboxylic acids is 1. The van der Waals surface area contributed by atoms with E-state index in [-0.39, 0.29) is 11.3 Å². The molecule has 1 aromatic carbocycles. The van der Waals surface area contributed by atoms with Crippen LogP contribution in [0.5, 0.6) is 5.75 Å². The number of phenolic OH excluding ortho intramolecular Hbond substituents is 1. The largest absolute Gasteiger partial charge is 0.507 e. The monoisotopic (exact) mass is 331 g/mol. The van der Waals surface area contributed by atoms with E-state index in [1.807, 2.05) is 0 Å². The van der Waals surface area contributed by atoms with E-state index in [0.29, 0.717) is 16.1 Å². The van der Waals surface area contributed by atoms with Gasteiger partial charge in [0.1, 0.15) is 11.8 Å². The number of carboxylic acid groups (broad SMARTS) is 1. The van der Waals surface area contributed by atoms with E-state index in [2.05, 4.69) is 15.9 Å². The molecule has 1 aliphatic heterocycles. The summed E-state index contributed by atoms with van der Waals surface area (Å²) in [6, 6.07) is 3.69. The van der Waals surface area contributed by atoms with Gasteiger partial charge in [-0.05, 0) is 18.2 Å². The molecule has 18 heavy (non-hydrogen) atoms. The third kappa shape index (κ3) is 2.46. The highest BCUT2D eigenvalue weighted by atomic mass is 79.9. The smallest absolute Gasteiger partial charge is 0.327 e. The number of rotatable bonds is 2. The zero-order valence-electron chi connectivity index (χ0n) is 9.17. The lowest BCUT2D eigenvalue weighted by molar-refractivity contribution is -0.140. The highest BCUT2D eigenvalue weighted by Gasteiger charge is 2.35. The SMILES string of the molecule is O=C(O)[C@@H]1CSCN1C(=O)c1ccc(Br)cc1O. The Hall–Kier alpha value is -1.21. The lowest BCUT2D eigenvalue weighted by atomic mass is 10.1. The third-order valence-corrected chi connectivity index (χ3v) is 4.12. The Bertz CT molecular complexity index is 508. The van der Waals surface area contributed by atoms with Gasteiger partial charge in [0.2, 0.25) is 0 Å². The highest BCUT2D eigenvalue weighted by molar-refractivity contribution is 9.10. The Labute approximate surface area is 116 Å². The molecule has 0 aromatic heterocycles. The van der Waals surface area contributed by atoms with Crippen molar-refractivity contribution in [3.63, 3.8) is 0 Å². The number of phenols is 1. The summed E-state index contributed by atoms with van der Waals surface area (Å²) in [4.78, 5) is 24.4. The van der Waals surface area contributed by atoms with Gasteiger partial charge in [-0.2, -0.15) is 0 Å². The lowest BCUT2D eigenvalue weighted by Crippen LogP contribution is -2.41. The van der Waals surface area contributed by atoms with E-state index in [9.17, 15) is 14.7 Å². The van der Waals surface area contributed by atoms with Crippen molar-refractivity contribution in [3.8, 4) is 5.75 Å². The number of aromatic hydroxyl groups is 1. The van der Waals surface area contributed by atoms with Crippen molar-refractivity contribution in [1.82, 2.24) is 4.90 Å². The van der Waals surface area contributed by atoms with Gasteiger partial charge >= 0.3 is 5.97 Å². The Morgan fingerprint density at radius 2 is 2.17 bits per heavy atom. The van der Waals surface area contributed by atoms with Crippen molar-refractivity contribution >= 4 is 39.6 Å².